The van der Waals surface area contributed by atoms with Crippen LogP contribution in [0.1, 0.15) is 26.5 Å². The van der Waals surface area contributed by atoms with Crippen molar-refractivity contribution >= 4 is 33.4 Å². The van der Waals surface area contributed by atoms with Gasteiger partial charge >= 0.3 is 0 Å². The number of hydrogen-bond donors (Lipinski definition) is 2. The van der Waals surface area contributed by atoms with Gasteiger partial charge in [0, 0.05) is 16.8 Å². The second-order valence-electron chi connectivity index (χ2n) is 5.49. The van der Waals surface area contributed by atoms with E-state index in [9.17, 15) is 9.59 Å². The summed E-state index contributed by atoms with van der Waals surface area (Å²) in [7, 11) is 0. The van der Waals surface area contributed by atoms with Crippen LogP contribution < -0.4 is 10.6 Å². The number of carbonyl (C=O) groups is 2. The molecule has 134 valence electrons. The first-order valence-electron chi connectivity index (χ1n) is 8.11. The summed E-state index contributed by atoms with van der Waals surface area (Å²) in [5.74, 6) is 5.39. The molecule has 0 bridgehead atoms. The minimum absolute atomic E-state index is 0.174. The predicted octanol–water partition coefficient (Wildman–Crippen LogP) is 4.08. The van der Waals surface area contributed by atoms with Crippen LogP contribution in [-0.4, -0.2) is 18.4 Å². The van der Waals surface area contributed by atoms with Crippen molar-refractivity contribution in [3.05, 3.63) is 88.3 Å². The van der Waals surface area contributed by atoms with Crippen molar-refractivity contribution in [1.29, 1.82) is 0 Å². The lowest BCUT2D eigenvalue weighted by Crippen LogP contribution is -2.23. The van der Waals surface area contributed by atoms with Gasteiger partial charge in [0.2, 0.25) is 0 Å². The van der Waals surface area contributed by atoms with Gasteiger partial charge in [-0.2, -0.15) is 0 Å². The van der Waals surface area contributed by atoms with Crippen molar-refractivity contribution in [2.24, 2.45) is 0 Å². The van der Waals surface area contributed by atoms with E-state index in [1.54, 1.807) is 36.4 Å². The van der Waals surface area contributed by atoms with E-state index in [2.05, 4.69) is 38.4 Å². The zero-order chi connectivity index (χ0) is 19.1. The number of furan rings is 1. The first kappa shape index (κ1) is 18.5. The van der Waals surface area contributed by atoms with Crippen molar-refractivity contribution in [3.63, 3.8) is 0 Å². The Balaban J connectivity index is 1.58. The van der Waals surface area contributed by atoms with E-state index in [0.717, 1.165) is 5.56 Å². The first-order chi connectivity index (χ1) is 13.1. The van der Waals surface area contributed by atoms with E-state index >= 15 is 0 Å². The fourth-order valence-corrected chi connectivity index (χ4v) is 2.57. The molecule has 2 N–H and O–H groups in total. The van der Waals surface area contributed by atoms with Crippen molar-refractivity contribution < 1.29 is 14.0 Å². The maximum atomic E-state index is 12.3. The number of benzene rings is 2. The zero-order valence-electron chi connectivity index (χ0n) is 14.2. The van der Waals surface area contributed by atoms with Crippen LogP contribution in [0.5, 0.6) is 0 Å². The lowest BCUT2D eigenvalue weighted by Gasteiger charge is -2.06. The van der Waals surface area contributed by atoms with Crippen molar-refractivity contribution in [2.45, 2.75) is 0 Å². The third kappa shape index (κ3) is 5.33. The molecular weight excluding hydrogens is 408 g/mol. The number of hydrogen-bond acceptors (Lipinski definition) is 3. The molecule has 3 aromatic rings. The van der Waals surface area contributed by atoms with Gasteiger partial charge in [-0.1, -0.05) is 36.1 Å². The van der Waals surface area contributed by atoms with Gasteiger partial charge in [0.1, 0.15) is 0 Å². The molecule has 0 aliphatic rings. The second-order valence-corrected chi connectivity index (χ2v) is 6.27. The molecule has 0 unspecified atom stereocenters. The minimum Gasteiger partial charge on any atom is -0.444 e. The molecule has 5 nitrogen and oxygen atoms in total. The number of nitrogens with one attached hydrogen (secondary N) is 2. The molecule has 1 aromatic heterocycles. The fourth-order valence-electron chi connectivity index (χ4n) is 2.26. The van der Waals surface area contributed by atoms with Crippen LogP contribution in [0.25, 0.3) is 0 Å². The van der Waals surface area contributed by atoms with Gasteiger partial charge in [-0.15, -0.1) is 0 Å². The van der Waals surface area contributed by atoms with Gasteiger partial charge in [0.15, 0.2) is 10.4 Å². The summed E-state index contributed by atoms with van der Waals surface area (Å²) in [5.41, 5.74) is 1.81. The number of rotatable bonds is 4. The molecule has 0 radical (unpaired) electrons. The SMILES string of the molecule is O=C(NCC#Cc1ccccc1)c1cccc(NC(=O)c2ccc(Br)o2)c1. The molecule has 3 rings (SSSR count). The number of anilines is 1. The summed E-state index contributed by atoms with van der Waals surface area (Å²) in [6.07, 6.45) is 0. The molecule has 0 saturated carbocycles. The zero-order valence-corrected chi connectivity index (χ0v) is 15.7. The van der Waals surface area contributed by atoms with Gasteiger partial charge in [0.25, 0.3) is 11.8 Å². The van der Waals surface area contributed by atoms with Crippen LogP contribution in [0, 0.1) is 11.8 Å². The molecular formula is C21H15BrN2O3. The molecule has 0 spiro atoms. The third-order valence-electron chi connectivity index (χ3n) is 3.52. The Morgan fingerprint density at radius 2 is 1.78 bits per heavy atom. The summed E-state index contributed by atoms with van der Waals surface area (Å²) in [4.78, 5) is 24.4. The maximum Gasteiger partial charge on any atom is 0.291 e. The summed E-state index contributed by atoms with van der Waals surface area (Å²) in [6, 6.07) is 19.4. The molecule has 1 heterocycles. The van der Waals surface area contributed by atoms with Crippen molar-refractivity contribution in [2.75, 3.05) is 11.9 Å². The molecule has 6 heteroatoms. The number of carbonyl (C=O) groups excluding carboxylic acids is 2. The molecule has 0 saturated heterocycles. The highest BCUT2D eigenvalue weighted by molar-refractivity contribution is 9.10. The Bertz CT molecular complexity index is 1020. The van der Waals surface area contributed by atoms with Crippen molar-refractivity contribution in [3.8, 4) is 11.8 Å². The Kier molecular flexibility index (Phi) is 6.08. The van der Waals surface area contributed by atoms with E-state index in [-0.39, 0.29) is 18.2 Å². The smallest absolute Gasteiger partial charge is 0.291 e. The first-order valence-corrected chi connectivity index (χ1v) is 8.90. The fraction of sp³-hybridized carbons (Fsp3) is 0.0476. The largest absolute Gasteiger partial charge is 0.444 e. The summed E-state index contributed by atoms with van der Waals surface area (Å²) in [6.45, 7) is 0.227. The molecule has 0 atom stereocenters. The van der Waals surface area contributed by atoms with Crippen LogP contribution >= 0.6 is 15.9 Å². The predicted molar refractivity (Wildman–Crippen MR) is 106 cm³/mol. The van der Waals surface area contributed by atoms with E-state index in [1.807, 2.05) is 30.3 Å². The van der Waals surface area contributed by atoms with Gasteiger partial charge < -0.3 is 15.1 Å². The summed E-state index contributed by atoms with van der Waals surface area (Å²) < 4.78 is 5.68. The van der Waals surface area contributed by atoms with Gasteiger partial charge in [0.05, 0.1) is 6.54 Å². The monoisotopic (exact) mass is 422 g/mol. The van der Waals surface area contributed by atoms with Crippen LogP contribution in [0.3, 0.4) is 0 Å². The molecule has 0 aliphatic heterocycles. The average Bonchev–Trinajstić information content (AvgIpc) is 3.13. The van der Waals surface area contributed by atoms with Gasteiger partial charge in [-0.05, 0) is 58.4 Å². The molecule has 0 fully saturated rings. The van der Waals surface area contributed by atoms with Crippen molar-refractivity contribution in [1.82, 2.24) is 5.32 Å². The topological polar surface area (TPSA) is 71.3 Å². The number of halogens is 1. The van der Waals surface area contributed by atoms with E-state index in [1.165, 1.54) is 0 Å². The van der Waals surface area contributed by atoms with Crippen LogP contribution in [0.15, 0.2) is 75.8 Å². The Morgan fingerprint density at radius 3 is 2.52 bits per heavy atom. The molecule has 0 aliphatic carbocycles. The van der Waals surface area contributed by atoms with Crippen LogP contribution in [0.2, 0.25) is 0 Å². The quantitative estimate of drug-likeness (QED) is 0.622. The Morgan fingerprint density at radius 1 is 0.963 bits per heavy atom. The van der Waals surface area contributed by atoms with Crippen LogP contribution in [0.4, 0.5) is 5.69 Å². The van der Waals surface area contributed by atoms with Crippen LogP contribution in [-0.2, 0) is 0 Å². The normalized spacial score (nSPS) is 9.81. The number of amides is 2. The van der Waals surface area contributed by atoms with E-state index in [4.69, 9.17) is 4.42 Å². The average molecular weight is 423 g/mol. The highest BCUT2D eigenvalue weighted by Crippen LogP contribution is 2.17. The van der Waals surface area contributed by atoms with E-state index in [0.29, 0.717) is 15.9 Å². The van der Waals surface area contributed by atoms with E-state index < -0.39 is 5.91 Å². The Hall–Kier alpha value is -3.30. The molecule has 2 aromatic carbocycles. The third-order valence-corrected chi connectivity index (χ3v) is 3.95. The minimum atomic E-state index is -0.396. The lowest BCUT2D eigenvalue weighted by atomic mass is 10.2. The highest BCUT2D eigenvalue weighted by Gasteiger charge is 2.12. The molecule has 2 amide bonds. The molecule has 27 heavy (non-hydrogen) atoms. The van der Waals surface area contributed by atoms with Gasteiger partial charge in [-0.25, -0.2) is 0 Å². The highest BCUT2D eigenvalue weighted by atomic mass is 79.9. The lowest BCUT2D eigenvalue weighted by molar-refractivity contribution is 0.0956. The standard InChI is InChI=1S/C21H15BrN2O3/c22-19-12-11-18(27-19)21(26)24-17-10-4-9-16(14-17)20(25)23-13-5-8-15-6-2-1-3-7-15/h1-4,6-7,9-12,14H,13H2,(H,23,25)(H,24,26). The maximum absolute atomic E-state index is 12.3. The van der Waals surface area contributed by atoms with Gasteiger partial charge in [-0.3, -0.25) is 9.59 Å². The second kappa shape index (κ2) is 8.88. The Labute approximate surface area is 164 Å². The summed E-state index contributed by atoms with van der Waals surface area (Å²) >= 11 is 3.15. The summed E-state index contributed by atoms with van der Waals surface area (Å²) in [5, 5.41) is 5.43.